The van der Waals surface area contributed by atoms with Gasteiger partial charge in [0.05, 0.1) is 0 Å². The maximum absolute atomic E-state index is 13.6. The first kappa shape index (κ1) is 19.0. The first-order valence-corrected chi connectivity index (χ1v) is 10.1. The molecule has 1 aromatic carbocycles. The Hall–Kier alpha value is -2.30. The minimum atomic E-state index is -2.85. The van der Waals surface area contributed by atoms with E-state index < -0.39 is 5.92 Å². The van der Waals surface area contributed by atoms with E-state index in [1.165, 1.54) is 30.5 Å². The van der Waals surface area contributed by atoms with Crippen molar-refractivity contribution in [3.63, 3.8) is 0 Å². The third kappa shape index (κ3) is 4.08. The summed E-state index contributed by atoms with van der Waals surface area (Å²) in [5.41, 5.74) is 4.28. The van der Waals surface area contributed by atoms with Gasteiger partial charge in [-0.15, -0.1) is 0 Å². The predicted octanol–water partition coefficient (Wildman–Crippen LogP) is 5.18. The first-order valence-electron chi connectivity index (χ1n) is 10.1. The first-order chi connectivity index (χ1) is 13.3. The summed E-state index contributed by atoms with van der Waals surface area (Å²) in [5, 5.41) is 3.03. The predicted molar refractivity (Wildman–Crippen MR) is 105 cm³/mol. The lowest BCUT2D eigenvalue weighted by molar-refractivity contribution is -0.119. The Labute approximate surface area is 164 Å². The van der Waals surface area contributed by atoms with E-state index in [1.807, 2.05) is 6.92 Å². The highest BCUT2D eigenvalue weighted by Crippen LogP contribution is 2.42. The van der Waals surface area contributed by atoms with Crippen LogP contribution in [-0.2, 0) is 10.7 Å². The van der Waals surface area contributed by atoms with Crippen LogP contribution in [0.3, 0.4) is 0 Å². The SMILES string of the molecule is Cc1nc([C@H](C[C@H]2CCC(=O)N2)c2ccc(C(C)(F)F)cc2)ccc1C1CC1. The number of pyridine rings is 1. The summed E-state index contributed by atoms with van der Waals surface area (Å²) in [6, 6.07) is 10.9. The molecule has 4 rings (SSSR count). The number of aryl methyl sites for hydroxylation is 1. The molecule has 2 heterocycles. The van der Waals surface area contributed by atoms with E-state index in [4.69, 9.17) is 4.98 Å². The number of alkyl halides is 2. The van der Waals surface area contributed by atoms with Gasteiger partial charge >= 0.3 is 0 Å². The van der Waals surface area contributed by atoms with E-state index in [9.17, 15) is 13.6 Å². The van der Waals surface area contributed by atoms with Crippen LogP contribution >= 0.6 is 0 Å². The Morgan fingerprint density at radius 3 is 2.39 bits per heavy atom. The van der Waals surface area contributed by atoms with Crippen molar-refractivity contribution < 1.29 is 13.6 Å². The van der Waals surface area contributed by atoms with Gasteiger partial charge in [-0.05, 0) is 55.7 Å². The number of halogens is 2. The Bertz CT molecular complexity index is 869. The summed E-state index contributed by atoms with van der Waals surface area (Å²) in [6.07, 6.45) is 4.53. The molecule has 1 N–H and O–H groups in total. The largest absolute Gasteiger partial charge is 0.353 e. The molecule has 0 radical (unpaired) electrons. The van der Waals surface area contributed by atoms with E-state index in [1.54, 1.807) is 12.1 Å². The fraction of sp³-hybridized carbons (Fsp3) is 0.478. The number of rotatable bonds is 6. The molecule has 1 saturated carbocycles. The Morgan fingerprint density at radius 1 is 1.14 bits per heavy atom. The monoisotopic (exact) mass is 384 g/mol. The molecule has 3 nitrogen and oxygen atoms in total. The summed E-state index contributed by atoms with van der Waals surface area (Å²) >= 11 is 0. The lowest BCUT2D eigenvalue weighted by atomic mass is 9.87. The van der Waals surface area contributed by atoms with Crippen LogP contribution in [0.1, 0.15) is 78.9 Å². The second-order valence-electron chi connectivity index (χ2n) is 8.29. The van der Waals surface area contributed by atoms with Gasteiger partial charge in [0.2, 0.25) is 5.91 Å². The number of hydrogen-bond donors (Lipinski definition) is 1. The van der Waals surface area contributed by atoms with Crippen molar-refractivity contribution in [2.75, 3.05) is 0 Å². The van der Waals surface area contributed by atoms with Gasteiger partial charge in [0.1, 0.15) is 0 Å². The van der Waals surface area contributed by atoms with E-state index in [2.05, 4.69) is 17.4 Å². The molecule has 0 bridgehead atoms. The van der Waals surface area contributed by atoms with Crippen LogP contribution in [0.2, 0.25) is 0 Å². The number of aromatic nitrogens is 1. The Balaban J connectivity index is 1.65. The number of benzene rings is 1. The van der Waals surface area contributed by atoms with Crippen molar-refractivity contribution in [1.29, 1.82) is 0 Å². The van der Waals surface area contributed by atoms with Crippen molar-refractivity contribution >= 4 is 5.91 Å². The second kappa shape index (κ2) is 7.26. The smallest absolute Gasteiger partial charge is 0.270 e. The number of carbonyl (C=O) groups is 1. The Morgan fingerprint density at radius 2 is 1.86 bits per heavy atom. The van der Waals surface area contributed by atoms with Gasteiger partial charge in [-0.25, -0.2) is 8.78 Å². The van der Waals surface area contributed by atoms with Gasteiger partial charge in [-0.1, -0.05) is 30.3 Å². The summed E-state index contributed by atoms with van der Waals surface area (Å²) in [6.45, 7) is 2.96. The molecule has 2 aliphatic rings. The Kier molecular flexibility index (Phi) is 4.94. The van der Waals surface area contributed by atoms with Crippen LogP contribution in [0.25, 0.3) is 0 Å². The highest BCUT2D eigenvalue weighted by atomic mass is 19.3. The average molecular weight is 384 g/mol. The van der Waals surface area contributed by atoms with Gasteiger partial charge in [-0.2, -0.15) is 0 Å². The number of carbonyl (C=O) groups excluding carboxylic acids is 1. The van der Waals surface area contributed by atoms with E-state index in [0.717, 1.165) is 36.7 Å². The quantitative estimate of drug-likeness (QED) is 0.746. The topological polar surface area (TPSA) is 42.0 Å². The molecule has 2 fully saturated rings. The van der Waals surface area contributed by atoms with Crippen LogP contribution < -0.4 is 5.32 Å². The molecule has 148 valence electrons. The minimum absolute atomic E-state index is 0.0115. The zero-order valence-corrected chi connectivity index (χ0v) is 16.3. The molecule has 1 aromatic heterocycles. The third-order valence-electron chi connectivity index (χ3n) is 5.95. The van der Waals surface area contributed by atoms with Gasteiger partial charge in [0.25, 0.3) is 5.92 Å². The van der Waals surface area contributed by atoms with Crippen molar-refractivity contribution in [3.8, 4) is 0 Å². The summed E-state index contributed by atoms with van der Waals surface area (Å²) in [4.78, 5) is 16.5. The lowest BCUT2D eigenvalue weighted by Gasteiger charge is -2.22. The van der Waals surface area contributed by atoms with Crippen LogP contribution in [0.4, 0.5) is 8.78 Å². The molecule has 1 aliphatic heterocycles. The summed E-state index contributed by atoms with van der Waals surface area (Å²) in [7, 11) is 0. The molecule has 1 saturated heterocycles. The van der Waals surface area contributed by atoms with Crippen LogP contribution in [0.5, 0.6) is 0 Å². The van der Waals surface area contributed by atoms with Crippen molar-refractivity contribution in [2.45, 2.75) is 69.8 Å². The van der Waals surface area contributed by atoms with Crippen LogP contribution in [0, 0.1) is 6.92 Å². The molecule has 1 amide bonds. The lowest BCUT2D eigenvalue weighted by Crippen LogP contribution is -2.27. The third-order valence-corrected chi connectivity index (χ3v) is 5.95. The number of nitrogens with zero attached hydrogens (tertiary/aromatic N) is 1. The van der Waals surface area contributed by atoms with Crippen molar-refractivity contribution in [2.24, 2.45) is 0 Å². The fourth-order valence-electron chi connectivity index (χ4n) is 4.19. The van der Waals surface area contributed by atoms with Crippen molar-refractivity contribution in [3.05, 3.63) is 64.5 Å². The highest BCUT2D eigenvalue weighted by Gasteiger charge is 2.30. The molecule has 28 heavy (non-hydrogen) atoms. The fourth-order valence-corrected chi connectivity index (χ4v) is 4.19. The average Bonchev–Trinajstić information content (AvgIpc) is 3.40. The van der Waals surface area contributed by atoms with Gasteiger partial charge < -0.3 is 5.32 Å². The number of amides is 1. The molecular weight excluding hydrogens is 358 g/mol. The van der Waals surface area contributed by atoms with Crippen molar-refractivity contribution in [1.82, 2.24) is 10.3 Å². The normalized spacial score (nSPS) is 20.9. The maximum atomic E-state index is 13.6. The molecule has 2 atom stereocenters. The summed E-state index contributed by atoms with van der Waals surface area (Å²) < 4.78 is 27.2. The van der Waals surface area contributed by atoms with Crippen LogP contribution in [-0.4, -0.2) is 16.9 Å². The molecular formula is C23H26F2N2O. The number of nitrogens with one attached hydrogen (secondary N) is 1. The highest BCUT2D eigenvalue weighted by molar-refractivity contribution is 5.78. The molecule has 0 spiro atoms. The summed E-state index contributed by atoms with van der Waals surface area (Å²) in [5.74, 6) is -2.16. The number of hydrogen-bond acceptors (Lipinski definition) is 2. The molecule has 1 aliphatic carbocycles. The van der Waals surface area contributed by atoms with E-state index >= 15 is 0 Å². The molecule has 5 heteroatoms. The zero-order valence-electron chi connectivity index (χ0n) is 16.3. The van der Waals surface area contributed by atoms with Gasteiger partial charge in [0, 0.05) is 42.3 Å². The minimum Gasteiger partial charge on any atom is -0.353 e. The zero-order chi connectivity index (χ0) is 19.9. The van der Waals surface area contributed by atoms with Gasteiger partial charge in [-0.3, -0.25) is 9.78 Å². The maximum Gasteiger partial charge on any atom is 0.270 e. The molecule has 2 aromatic rings. The van der Waals surface area contributed by atoms with Crippen LogP contribution in [0.15, 0.2) is 36.4 Å². The second-order valence-corrected chi connectivity index (χ2v) is 8.29. The van der Waals surface area contributed by atoms with E-state index in [-0.39, 0.29) is 23.4 Å². The van der Waals surface area contributed by atoms with E-state index in [0.29, 0.717) is 12.3 Å². The molecule has 0 unspecified atom stereocenters. The standard InChI is InChI=1S/C23H26F2N2O/c1-14-19(15-3-4-15)10-11-21(26-14)20(13-18-9-12-22(28)27-18)16-5-7-17(8-6-16)23(2,24)25/h5-8,10-11,15,18,20H,3-4,9,12-13H2,1-2H3,(H,27,28)/t18-,20-/m1/s1. The van der Waals surface area contributed by atoms with Gasteiger partial charge in [0.15, 0.2) is 0 Å².